The van der Waals surface area contributed by atoms with Crippen LogP contribution in [0.4, 0.5) is 0 Å². The Balaban J connectivity index is 1.35. The molecule has 0 N–H and O–H groups in total. The van der Waals surface area contributed by atoms with Gasteiger partial charge in [0.2, 0.25) is 5.91 Å². The first kappa shape index (κ1) is 17.5. The maximum absolute atomic E-state index is 13.0. The molecule has 28 heavy (non-hydrogen) atoms. The van der Waals surface area contributed by atoms with Crippen LogP contribution in [0.5, 0.6) is 5.75 Å². The van der Waals surface area contributed by atoms with Gasteiger partial charge in [-0.3, -0.25) is 9.20 Å². The number of hydrogen-bond donors (Lipinski definition) is 0. The highest BCUT2D eigenvalue weighted by Gasteiger charge is 2.29. The van der Waals surface area contributed by atoms with Gasteiger partial charge in [-0.05, 0) is 42.7 Å². The Labute approximate surface area is 168 Å². The third-order valence-corrected chi connectivity index (χ3v) is 5.86. The van der Waals surface area contributed by atoms with Crippen LogP contribution in [0.15, 0.2) is 36.5 Å². The lowest BCUT2D eigenvalue weighted by Gasteiger charge is -2.32. The molecule has 1 unspecified atom stereocenters. The summed E-state index contributed by atoms with van der Waals surface area (Å²) in [6, 6.07) is 9.67. The van der Waals surface area contributed by atoms with Gasteiger partial charge in [0.05, 0.1) is 13.0 Å². The summed E-state index contributed by atoms with van der Waals surface area (Å²) in [5.74, 6) is 2.07. The molecule has 4 heterocycles. The van der Waals surface area contributed by atoms with E-state index < -0.39 is 0 Å². The van der Waals surface area contributed by atoms with Crippen molar-refractivity contribution in [3.05, 3.63) is 58.5 Å². The molecule has 1 saturated heterocycles. The molecule has 2 aliphatic rings. The standard InChI is InChI=1S/C21H21ClN4O2/c22-17-10-14-6-9-28-20(14)16(11-17)12-19(27)25-7-3-4-15(13-25)21-24-23-18-5-1-2-8-26(18)21/h1-2,5,8,10-11,15H,3-4,6-7,9,12-13H2. The second-order valence-corrected chi connectivity index (χ2v) is 7.93. The number of carbonyl (C=O) groups excluding carboxylic acids is 1. The zero-order valence-corrected chi connectivity index (χ0v) is 16.2. The number of fused-ring (bicyclic) bond motifs is 2. The quantitative estimate of drug-likeness (QED) is 0.681. The fourth-order valence-corrected chi connectivity index (χ4v) is 4.57. The Morgan fingerprint density at radius 3 is 3.14 bits per heavy atom. The van der Waals surface area contributed by atoms with Crippen LogP contribution in [0.3, 0.4) is 0 Å². The maximum Gasteiger partial charge on any atom is 0.227 e. The first-order chi connectivity index (χ1) is 13.7. The van der Waals surface area contributed by atoms with Crippen LogP contribution in [0.1, 0.15) is 35.7 Å². The predicted octanol–water partition coefficient (Wildman–Crippen LogP) is 3.27. The Morgan fingerprint density at radius 1 is 1.29 bits per heavy atom. The largest absolute Gasteiger partial charge is 0.493 e. The van der Waals surface area contributed by atoms with E-state index in [0.717, 1.165) is 54.2 Å². The van der Waals surface area contributed by atoms with Crippen LogP contribution in [-0.4, -0.2) is 45.1 Å². The number of hydrogen-bond acceptors (Lipinski definition) is 4. The monoisotopic (exact) mass is 396 g/mol. The van der Waals surface area contributed by atoms with Gasteiger partial charge < -0.3 is 9.64 Å². The van der Waals surface area contributed by atoms with Gasteiger partial charge in [-0.1, -0.05) is 17.7 Å². The molecule has 1 fully saturated rings. The van der Waals surface area contributed by atoms with Gasteiger partial charge >= 0.3 is 0 Å². The van der Waals surface area contributed by atoms with E-state index in [1.807, 2.05) is 45.8 Å². The zero-order valence-electron chi connectivity index (χ0n) is 15.5. The first-order valence-corrected chi connectivity index (χ1v) is 10.1. The van der Waals surface area contributed by atoms with E-state index in [-0.39, 0.29) is 11.8 Å². The van der Waals surface area contributed by atoms with Gasteiger partial charge in [-0.2, -0.15) is 0 Å². The van der Waals surface area contributed by atoms with Crippen molar-refractivity contribution in [1.82, 2.24) is 19.5 Å². The number of carbonyl (C=O) groups is 1. The molecule has 0 spiro atoms. The molecule has 5 rings (SSSR count). The average molecular weight is 397 g/mol. The molecule has 1 amide bonds. The van der Waals surface area contributed by atoms with Crippen molar-refractivity contribution in [2.75, 3.05) is 19.7 Å². The molecule has 6 nitrogen and oxygen atoms in total. The number of piperidine rings is 1. The van der Waals surface area contributed by atoms with Gasteiger partial charge in [-0.25, -0.2) is 0 Å². The van der Waals surface area contributed by atoms with Crippen molar-refractivity contribution < 1.29 is 9.53 Å². The van der Waals surface area contributed by atoms with Crippen LogP contribution < -0.4 is 4.74 Å². The lowest BCUT2D eigenvalue weighted by Crippen LogP contribution is -2.40. The van der Waals surface area contributed by atoms with Crippen molar-refractivity contribution >= 4 is 23.2 Å². The fourth-order valence-electron chi connectivity index (χ4n) is 4.30. The van der Waals surface area contributed by atoms with Gasteiger partial charge in [0.25, 0.3) is 0 Å². The SMILES string of the molecule is O=C(Cc1cc(Cl)cc2c1OCC2)N1CCCC(c2nnc3ccccn23)C1. The van der Waals surface area contributed by atoms with E-state index >= 15 is 0 Å². The van der Waals surface area contributed by atoms with E-state index in [9.17, 15) is 4.79 Å². The summed E-state index contributed by atoms with van der Waals surface area (Å²) in [6.07, 6.45) is 5.12. The third-order valence-electron chi connectivity index (χ3n) is 5.65. The molecule has 7 heteroatoms. The van der Waals surface area contributed by atoms with Crippen molar-refractivity contribution in [3.8, 4) is 5.75 Å². The molecular formula is C21H21ClN4O2. The van der Waals surface area contributed by atoms with Crippen LogP contribution in [0.25, 0.3) is 5.65 Å². The third kappa shape index (κ3) is 3.11. The highest BCUT2D eigenvalue weighted by molar-refractivity contribution is 6.30. The van der Waals surface area contributed by atoms with E-state index in [4.69, 9.17) is 16.3 Å². The Kier molecular flexibility index (Phi) is 4.43. The van der Waals surface area contributed by atoms with Crippen molar-refractivity contribution in [2.45, 2.75) is 31.6 Å². The molecule has 1 atom stereocenters. The van der Waals surface area contributed by atoms with Gasteiger partial charge in [0, 0.05) is 42.2 Å². The number of benzene rings is 1. The number of amides is 1. The lowest BCUT2D eigenvalue weighted by atomic mass is 9.96. The van der Waals surface area contributed by atoms with E-state index in [1.165, 1.54) is 0 Å². The van der Waals surface area contributed by atoms with Crippen molar-refractivity contribution in [1.29, 1.82) is 0 Å². The molecule has 0 bridgehead atoms. The molecule has 0 radical (unpaired) electrons. The second kappa shape index (κ2) is 7.09. The topological polar surface area (TPSA) is 59.7 Å². The molecule has 1 aromatic carbocycles. The lowest BCUT2D eigenvalue weighted by molar-refractivity contribution is -0.131. The summed E-state index contributed by atoms with van der Waals surface area (Å²) in [4.78, 5) is 15.0. The van der Waals surface area contributed by atoms with Gasteiger partial charge in [0.15, 0.2) is 5.65 Å². The second-order valence-electron chi connectivity index (χ2n) is 7.49. The molecule has 0 aliphatic carbocycles. The summed E-state index contributed by atoms with van der Waals surface area (Å²) < 4.78 is 7.77. The minimum absolute atomic E-state index is 0.110. The summed E-state index contributed by atoms with van der Waals surface area (Å²) >= 11 is 6.25. The molecule has 144 valence electrons. The molecule has 2 aliphatic heterocycles. The molecular weight excluding hydrogens is 376 g/mol. The van der Waals surface area contributed by atoms with E-state index in [0.29, 0.717) is 24.6 Å². The highest BCUT2D eigenvalue weighted by Crippen LogP contribution is 2.34. The van der Waals surface area contributed by atoms with Gasteiger partial charge in [-0.15, -0.1) is 10.2 Å². The highest BCUT2D eigenvalue weighted by atomic mass is 35.5. The average Bonchev–Trinajstić information content (AvgIpc) is 3.35. The summed E-state index contributed by atoms with van der Waals surface area (Å²) in [5.41, 5.74) is 2.83. The first-order valence-electron chi connectivity index (χ1n) is 9.70. The van der Waals surface area contributed by atoms with Crippen LogP contribution in [-0.2, 0) is 17.6 Å². The number of aromatic nitrogens is 3. The summed E-state index contributed by atoms with van der Waals surface area (Å²) in [6.45, 7) is 2.09. The van der Waals surface area contributed by atoms with Crippen LogP contribution >= 0.6 is 11.6 Å². The van der Waals surface area contributed by atoms with E-state index in [2.05, 4.69) is 10.2 Å². The zero-order chi connectivity index (χ0) is 19.1. The Hall–Kier alpha value is -2.60. The van der Waals surface area contributed by atoms with E-state index in [1.54, 1.807) is 0 Å². The molecule has 2 aromatic heterocycles. The number of halogens is 1. The number of pyridine rings is 1. The fraction of sp³-hybridized carbons (Fsp3) is 0.381. The maximum atomic E-state index is 13.0. The Bertz CT molecular complexity index is 1050. The Morgan fingerprint density at radius 2 is 2.21 bits per heavy atom. The molecule has 0 saturated carbocycles. The number of likely N-dealkylation sites (tertiary alicyclic amines) is 1. The normalized spacial score (nSPS) is 18.9. The minimum atomic E-state index is 0.110. The van der Waals surface area contributed by atoms with Crippen molar-refractivity contribution in [3.63, 3.8) is 0 Å². The smallest absolute Gasteiger partial charge is 0.227 e. The number of nitrogens with zero attached hydrogens (tertiary/aromatic N) is 4. The number of rotatable bonds is 3. The van der Waals surface area contributed by atoms with Crippen LogP contribution in [0.2, 0.25) is 5.02 Å². The summed E-state index contributed by atoms with van der Waals surface area (Å²) in [7, 11) is 0. The molecule has 3 aromatic rings. The predicted molar refractivity (Wildman–Crippen MR) is 106 cm³/mol. The minimum Gasteiger partial charge on any atom is -0.493 e. The number of ether oxygens (including phenoxy) is 1. The summed E-state index contributed by atoms with van der Waals surface area (Å²) in [5, 5.41) is 9.32. The van der Waals surface area contributed by atoms with Gasteiger partial charge in [0.1, 0.15) is 11.6 Å². The van der Waals surface area contributed by atoms with Crippen molar-refractivity contribution in [2.24, 2.45) is 0 Å². The van der Waals surface area contributed by atoms with Crippen LogP contribution in [0, 0.1) is 0 Å².